The number of carbonyl (C=O) groups is 1. The molecule has 0 bridgehead atoms. The number of amides is 1. The lowest BCUT2D eigenvalue weighted by atomic mass is 10.0. The summed E-state index contributed by atoms with van der Waals surface area (Å²) in [6.45, 7) is 4.88. The van der Waals surface area contributed by atoms with E-state index in [1.165, 1.54) is 16.7 Å². The van der Waals surface area contributed by atoms with Crippen LogP contribution in [0.3, 0.4) is 0 Å². The standard InChI is InChI=1S/C12H15NO2/c1-8-3-4-10(9(2)5-8)11-6-13-12(14)7-15-11/h3-5,11H,6-7H2,1-2H3,(H,13,14). The Balaban J connectivity index is 2.19. The highest BCUT2D eigenvalue weighted by Crippen LogP contribution is 2.23. The van der Waals surface area contributed by atoms with Crippen molar-refractivity contribution < 1.29 is 9.53 Å². The third kappa shape index (κ3) is 2.18. The number of nitrogens with one attached hydrogen (secondary N) is 1. The number of rotatable bonds is 1. The third-order valence-electron chi connectivity index (χ3n) is 2.67. The Kier molecular flexibility index (Phi) is 2.73. The van der Waals surface area contributed by atoms with Gasteiger partial charge in [0.25, 0.3) is 0 Å². The molecule has 1 amide bonds. The van der Waals surface area contributed by atoms with Gasteiger partial charge in [0.05, 0.1) is 0 Å². The zero-order valence-corrected chi connectivity index (χ0v) is 9.04. The minimum atomic E-state index is -0.0315. The van der Waals surface area contributed by atoms with Gasteiger partial charge in [-0.3, -0.25) is 4.79 Å². The number of aryl methyl sites for hydroxylation is 2. The first kappa shape index (κ1) is 10.2. The summed E-state index contributed by atoms with van der Waals surface area (Å²) < 4.78 is 5.48. The second kappa shape index (κ2) is 4.03. The van der Waals surface area contributed by atoms with Crippen LogP contribution in [0.25, 0.3) is 0 Å². The molecule has 15 heavy (non-hydrogen) atoms. The van der Waals surface area contributed by atoms with Gasteiger partial charge in [0.1, 0.15) is 12.7 Å². The van der Waals surface area contributed by atoms with Crippen LogP contribution < -0.4 is 5.32 Å². The van der Waals surface area contributed by atoms with Crippen LogP contribution in [0.1, 0.15) is 22.8 Å². The van der Waals surface area contributed by atoms with Crippen LogP contribution in [-0.2, 0) is 9.53 Å². The van der Waals surface area contributed by atoms with Gasteiger partial charge < -0.3 is 10.1 Å². The summed E-state index contributed by atoms with van der Waals surface area (Å²) in [4.78, 5) is 10.9. The molecule has 0 aliphatic carbocycles. The van der Waals surface area contributed by atoms with Crippen molar-refractivity contribution in [1.29, 1.82) is 0 Å². The van der Waals surface area contributed by atoms with E-state index < -0.39 is 0 Å². The van der Waals surface area contributed by atoms with Crippen LogP contribution in [0, 0.1) is 13.8 Å². The van der Waals surface area contributed by atoms with Gasteiger partial charge >= 0.3 is 0 Å². The van der Waals surface area contributed by atoms with Crippen LogP contribution in [0.4, 0.5) is 0 Å². The molecule has 1 N–H and O–H groups in total. The zero-order valence-electron chi connectivity index (χ0n) is 9.04. The molecule has 1 aromatic carbocycles. The largest absolute Gasteiger partial charge is 0.362 e. The van der Waals surface area contributed by atoms with Crippen LogP contribution in [0.5, 0.6) is 0 Å². The van der Waals surface area contributed by atoms with Crippen molar-refractivity contribution in [2.45, 2.75) is 20.0 Å². The van der Waals surface area contributed by atoms with Crippen molar-refractivity contribution in [3.8, 4) is 0 Å². The maximum Gasteiger partial charge on any atom is 0.246 e. The Bertz CT molecular complexity index is 377. The first-order valence-corrected chi connectivity index (χ1v) is 5.12. The number of hydrogen-bond donors (Lipinski definition) is 1. The number of hydrogen-bond acceptors (Lipinski definition) is 2. The second-order valence-corrected chi connectivity index (χ2v) is 3.96. The summed E-state index contributed by atoms with van der Waals surface area (Å²) >= 11 is 0. The van der Waals surface area contributed by atoms with Gasteiger partial charge in [0.15, 0.2) is 0 Å². The van der Waals surface area contributed by atoms with Gasteiger partial charge in [0.2, 0.25) is 5.91 Å². The summed E-state index contributed by atoms with van der Waals surface area (Å²) in [5, 5.41) is 2.81. The first-order valence-electron chi connectivity index (χ1n) is 5.12. The van der Waals surface area contributed by atoms with Gasteiger partial charge in [-0.1, -0.05) is 23.8 Å². The van der Waals surface area contributed by atoms with Crippen LogP contribution >= 0.6 is 0 Å². The fourth-order valence-electron chi connectivity index (χ4n) is 1.88. The highest BCUT2D eigenvalue weighted by molar-refractivity contribution is 5.77. The second-order valence-electron chi connectivity index (χ2n) is 3.96. The first-order chi connectivity index (χ1) is 7.16. The summed E-state index contributed by atoms with van der Waals surface area (Å²) in [6, 6.07) is 6.28. The molecule has 0 aromatic heterocycles. The van der Waals surface area contributed by atoms with E-state index in [1.807, 2.05) is 0 Å². The maximum atomic E-state index is 10.9. The van der Waals surface area contributed by atoms with Crippen molar-refractivity contribution in [3.05, 3.63) is 34.9 Å². The number of ether oxygens (including phenoxy) is 1. The highest BCUT2D eigenvalue weighted by atomic mass is 16.5. The maximum absolute atomic E-state index is 10.9. The third-order valence-corrected chi connectivity index (χ3v) is 2.67. The molecule has 0 radical (unpaired) electrons. The van der Waals surface area contributed by atoms with Crippen LogP contribution in [0.15, 0.2) is 18.2 Å². The molecular weight excluding hydrogens is 190 g/mol. The van der Waals surface area contributed by atoms with Crippen molar-refractivity contribution in [2.24, 2.45) is 0 Å². The minimum absolute atomic E-state index is 0.00306. The molecule has 0 spiro atoms. The smallest absolute Gasteiger partial charge is 0.246 e. The van der Waals surface area contributed by atoms with Crippen molar-refractivity contribution >= 4 is 5.91 Å². The molecule has 1 saturated heterocycles. The monoisotopic (exact) mass is 205 g/mol. The zero-order chi connectivity index (χ0) is 10.8. The number of carbonyl (C=O) groups excluding carboxylic acids is 1. The van der Waals surface area contributed by atoms with Gasteiger partial charge in [-0.05, 0) is 25.0 Å². The Hall–Kier alpha value is -1.35. The molecule has 1 atom stereocenters. The molecule has 1 aliphatic heterocycles. The SMILES string of the molecule is Cc1ccc(C2CNC(=O)CO2)c(C)c1. The Morgan fingerprint density at radius 2 is 2.20 bits per heavy atom. The Morgan fingerprint density at radius 1 is 1.40 bits per heavy atom. The van der Waals surface area contributed by atoms with E-state index in [0.29, 0.717) is 6.54 Å². The molecule has 1 heterocycles. The van der Waals surface area contributed by atoms with Gasteiger partial charge in [-0.15, -0.1) is 0 Å². The summed E-state index contributed by atoms with van der Waals surface area (Å²) in [6.07, 6.45) is 0.00306. The van der Waals surface area contributed by atoms with Crippen molar-refractivity contribution in [1.82, 2.24) is 5.32 Å². The van der Waals surface area contributed by atoms with E-state index >= 15 is 0 Å². The molecule has 1 unspecified atom stereocenters. The lowest BCUT2D eigenvalue weighted by Gasteiger charge is -2.24. The molecule has 1 fully saturated rings. The number of benzene rings is 1. The van der Waals surface area contributed by atoms with Crippen molar-refractivity contribution in [2.75, 3.05) is 13.2 Å². The molecule has 80 valence electrons. The van der Waals surface area contributed by atoms with Gasteiger partial charge in [-0.2, -0.15) is 0 Å². The van der Waals surface area contributed by atoms with Gasteiger partial charge in [0, 0.05) is 6.54 Å². The number of morpholine rings is 1. The van der Waals surface area contributed by atoms with E-state index in [9.17, 15) is 4.79 Å². The molecule has 2 rings (SSSR count). The van der Waals surface area contributed by atoms with Gasteiger partial charge in [-0.25, -0.2) is 0 Å². The molecule has 3 nitrogen and oxygen atoms in total. The minimum Gasteiger partial charge on any atom is -0.362 e. The van der Waals surface area contributed by atoms with E-state index in [0.717, 1.165) is 0 Å². The molecule has 3 heteroatoms. The average molecular weight is 205 g/mol. The van der Waals surface area contributed by atoms with Crippen molar-refractivity contribution in [3.63, 3.8) is 0 Å². The molecule has 1 aliphatic rings. The topological polar surface area (TPSA) is 38.3 Å². The van der Waals surface area contributed by atoms with E-state index in [4.69, 9.17) is 4.74 Å². The van der Waals surface area contributed by atoms with E-state index in [1.54, 1.807) is 0 Å². The quantitative estimate of drug-likeness (QED) is 0.754. The Morgan fingerprint density at radius 3 is 2.80 bits per heavy atom. The summed E-state index contributed by atoms with van der Waals surface area (Å²) in [5.41, 5.74) is 3.63. The van der Waals surface area contributed by atoms with Crippen LogP contribution in [-0.4, -0.2) is 19.1 Å². The Labute approximate surface area is 89.4 Å². The average Bonchev–Trinajstić information content (AvgIpc) is 2.20. The highest BCUT2D eigenvalue weighted by Gasteiger charge is 2.21. The predicted octanol–water partition coefficient (Wildman–Crippen LogP) is 1.49. The van der Waals surface area contributed by atoms with E-state index in [2.05, 4.69) is 37.4 Å². The predicted molar refractivity (Wildman–Crippen MR) is 57.6 cm³/mol. The lowest BCUT2D eigenvalue weighted by molar-refractivity contribution is -0.133. The fourth-order valence-corrected chi connectivity index (χ4v) is 1.88. The normalized spacial score (nSPS) is 21.2. The molecule has 0 saturated carbocycles. The summed E-state index contributed by atoms with van der Waals surface area (Å²) in [7, 11) is 0. The lowest BCUT2D eigenvalue weighted by Crippen LogP contribution is -2.38. The molecule has 1 aromatic rings. The fraction of sp³-hybridized carbons (Fsp3) is 0.417. The molecular formula is C12H15NO2. The van der Waals surface area contributed by atoms with E-state index in [-0.39, 0.29) is 18.6 Å². The van der Waals surface area contributed by atoms with Crippen LogP contribution in [0.2, 0.25) is 0 Å². The summed E-state index contributed by atoms with van der Waals surface area (Å²) in [5.74, 6) is -0.0315.